The van der Waals surface area contributed by atoms with Gasteiger partial charge in [-0.2, -0.15) is 0 Å². The second-order valence-corrected chi connectivity index (χ2v) is 6.19. The van der Waals surface area contributed by atoms with Gasteiger partial charge in [-0.05, 0) is 50.1 Å². The highest BCUT2D eigenvalue weighted by Gasteiger charge is 2.06. The van der Waals surface area contributed by atoms with E-state index in [1.165, 1.54) is 0 Å². The minimum atomic E-state index is 0.638. The zero-order valence-electron chi connectivity index (χ0n) is 11.0. The van der Waals surface area contributed by atoms with E-state index >= 15 is 0 Å². The molecule has 21 heavy (non-hydrogen) atoms. The molecule has 0 saturated heterocycles. The summed E-state index contributed by atoms with van der Waals surface area (Å²) in [7, 11) is 0. The van der Waals surface area contributed by atoms with Crippen molar-refractivity contribution in [1.29, 1.82) is 0 Å². The third kappa shape index (κ3) is 3.33. The average Bonchev–Trinajstić information content (AvgIpc) is 3.01. The molecule has 0 atom stereocenters. The number of rotatable bonds is 4. The summed E-state index contributed by atoms with van der Waals surface area (Å²) < 4.78 is 3.91. The second kappa shape index (κ2) is 6.41. The van der Waals surface area contributed by atoms with E-state index in [-0.39, 0.29) is 0 Å². The number of aromatic nitrogens is 3. The van der Waals surface area contributed by atoms with Gasteiger partial charge in [0.15, 0.2) is 0 Å². The Balaban J connectivity index is 1.83. The van der Waals surface area contributed by atoms with Gasteiger partial charge in [0.05, 0.1) is 29.9 Å². The Morgan fingerprint density at radius 1 is 1.19 bits per heavy atom. The molecule has 3 aromatic rings. The maximum atomic E-state index is 4.41. The summed E-state index contributed by atoms with van der Waals surface area (Å²) in [6.45, 7) is 0.638. The monoisotopic (exact) mass is 406 g/mol. The minimum absolute atomic E-state index is 0.638. The number of hydrogen-bond acceptors (Lipinski definition) is 3. The summed E-state index contributed by atoms with van der Waals surface area (Å²) in [4.78, 5) is 8.50. The Morgan fingerprint density at radius 2 is 2.05 bits per heavy atom. The number of nitrogens with zero attached hydrogens (tertiary/aromatic N) is 3. The number of nitrogens with one attached hydrogen (secondary N) is 1. The molecule has 0 aliphatic carbocycles. The summed E-state index contributed by atoms with van der Waals surface area (Å²) in [6, 6.07) is 10.1. The van der Waals surface area contributed by atoms with Gasteiger partial charge < -0.3 is 9.88 Å². The summed E-state index contributed by atoms with van der Waals surface area (Å²) in [6.07, 6.45) is 7.27. The Morgan fingerprint density at radius 3 is 2.81 bits per heavy atom. The highest BCUT2D eigenvalue weighted by Crippen LogP contribution is 2.23. The van der Waals surface area contributed by atoms with Crippen LogP contribution in [-0.2, 0) is 6.54 Å². The van der Waals surface area contributed by atoms with Gasteiger partial charge in [-0.1, -0.05) is 12.1 Å². The molecule has 0 unspecified atom stereocenters. The molecule has 0 spiro atoms. The van der Waals surface area contributed by atoms with Crippen LogP contribution < -0.4 is 5.32 Å². The van der Waals surface area contributed by atoms with Crippen LogP contribution in [0.1, 0.15) is 5.69 Å². The summed E-state index contributed by atoms with van der Waals surface area (Å²) >= 11 is 6.94. The van der Waals surface area contributed by atoms with Crippen LogP contribution in [0.5, 0.6) is 0 Å². The topological polar surface area (TPSA) is 42.7 Å². The number of halogens is 2. The van der Waals surface area contributed by atoms with Crippen LogP contribution in [0.2, 0.25) is 0 Å². The van der Waals surface area contributed by atoms with Gasteiger partial charge in [-0.15, -0.1) is 0 Å². The predicted octanol–water partition coefficient (Wildman–Crippen LogP) is 4.40. The molecule has 0 fully saturated rings. The Labute approximate surface area is 139 Å². The first-order valence-electron chi connectivity index (χ1n) is 6.35. The van der Waals surface area contributed by atoms with Crippen molar-refractivity contribution in [3.63, 3.8) is 0 Å². The van der Waals surface area contributed by atoms with Crippen molar-refractivity contribution < 1.29 is 0 Å². The first-order valence-corrected chi connectivity index (χ1v) is 7.94. The fourth-order valence-corrected chi connectivity index (χ4v) is 3.13. The molecule has 1 aromatic carbocycles. The number of imidazole rings is 1. The van der Waals surface area contributed by atoms with Gasteiger partial charge in [-0.3, -0.25) is 4.98 Å². The fourth-order valence-electron chi connectivity index (χ4n) is 2.00. The van der Waals surface area contributed by atoms with Gasteiger partial charge >= 0.3 is 0 Å². The normalized spacial score (nSPS) is 10.6. The lowest BCUT2D eigenvalue weighted by atomic mass is 10.2. The maximum Gasteiger partial charge on any atom is 0.0992 e. The highest BCUT2D eigenvalue weighted by molar-refractivity contribution is 9.11. The molecule has 6 heteroatoms. The van der Waals surface area contributed by atoms with E-state index in [4.69, 9.17) is 0 Å². The lowest BCUT2D eigenvalue weighted by Crippen LogP contribution is -2.05. The van der Waals surface area contributed by atoms with Crippen molar-refractivity contribution in [2.75, 3.05) is 5.32 Å². The molecule has 0 bridgehead atoms. The molecule has 0 aliphatic rings. The Bertz CT molecular complexity index is 741. The Hall–Kier alpha value is -1.66. The molecular formula is C15H12Br2N4. The molecular weight excluding hydrogens is 396 g/mol. The lowest BCUT2D eigenvalue weighted by molar-refractivity contribution is 1.01. The van der Waals surface area contributed by atoms with Gasteiger partial charge in [-0.25, -0.2) is 4.98 Å². The van der Waals surface area contributed by atoms with Crippen LogP contribution in [0.25, 0.3) is 5.69 Å². The molecule has 3 rings (SSSR count). The number of para-hydroxylation sites is 2. The SMILES string of the molecule is Brc1cnc(CNc2ccccc2-n2ccnc2)c(Br)c1. The van der Waals surface area contributed by atoms with Crippen LogP contribution >= 0.6 is 31.9 Å². The zero-order valence-corrected chi connectivity index (χ0v) is 14.2. The van der Waals surface area contributed by atoms with Crippen LogP contribution in [0.15, 0.2) is 64.2 Å². The van der Waals surface area contributed by atoms with Crippen LogP contribution in [0.3, 0.4) is 0 Å². The van der Waals surface area contributed by atoms with Crippen molar-refractivity contribution in [1.82, 2.24) is 14.5 Å². The van der Waals surface area contributed by atoms with Crippen molar-refractivity contribution in [3.05, 3.63) is 69.9 Å². The third-order valence-corrected chi connectivity index (χ3v) is 4.14. The number of benzene rings is 1. The molecule has 0 amide bonds. The van der Waals surface area contributed by atoms with Gasteiger partial charge in [0, 0.05) is 27.5 Å². The van der Waals surface area contributed by atoms with Crippen molar-refractivity contribution >= 4 is 37.5 Å². The molecule has 0 saturated carbocycles. The van der Waals surface area contributed by atoms with E-state index in [0.29, 0.717) is 6.54 Å². The van der Waals surface area contributed by atoms with Gasteiger partial charge in [0.2, 0.25) is 0 Å². The summed E-state index contributed by atoms with van der Waals surface area (Å²) in [5.74, 6) is 0. The maximum absolute atomic E-state index is 4.41. The Kier molecular flexibility index (Phi) is 4.36. The number of anilines is 1. The van der Waals surface area contributed by atoms with E-state index in [1.807, 2.05) is 41.1 Å². The largest absolute Gasteiger partial charge is 0.378 e. The summed E-state index contributed by atoms with van der Waals surface area (Å²) in [5.41, 5.74) is 3.05. The van der Waals surface area contributed by atoms with E-state index in [9.17, 15) is 0 Å². The first kappa shape index (κ1) is 14.3. The fraction of sp³-hybridized carbons (Fsp3) is 0.0667. The van der Waals surface area contributed by atoms with Crippen molar-refractivity contribution in [2.45, 2.75) is 6.54 Å². The molecule has 1 N–H and O–H groups in total. The second-order valence-electron chi connectivity index (χ2n) is 4.42. The zero-order chi connectivity index (χ0) is 14.7. The van der Waals surface area contributed by atoms with Crippen LogP contribution in [0.4, 0.5) is 5.69 Å². The van der Waals surface area contributed by atoms with E-state index in [1.54, 1.807) is 18.7 Å². The molecule has 4 nitrogen and oxygen atoms in total. The third-order valence-electron chi connectivity index (χ3n) is 3.02. The minimum Gasteiger partial charge on any atom is -0.378 e. The highest BCUT2D eigenvalue weighted by atomic mass is 79.9. The molecule has 0 radical (unpaired) electrons. The first-order chi connectivity index (χ1) is 10.2. The summed E-state index contributed by atoms with van der Waals surface area (Å²) in [5, 5.41) is 3.42. The quantitative estimate of drug-likeness (QED) is 0.696. The standard InChI is InChI=1S/C15H12Br2N4/c16-11-7-12(17)14(19-8-11)9-20-13-3-1-2-4-15(13)21-6-5-18-10-21/h1-8,10,20H,9H2. The van der Waals surface area contributed by atoms with Crippen molar-refractivity contribution in [2.24, 2.45) is 0 Å². The molecule has 106 valence electrons. The molecule has 2 aromatic heterocycles. The lowest BCUT2D eigenvalue weighted by Gasteiger charge is -2.13. The van der Waals surface area contributed by atoms with E-state index in [0.717, 1.165) is 26.0 Å². The smallest absolute Gasteiger partial charge is 0.0992 e. The van der Waals surface area contributed by atoms with Crippen LogP contribution in [-0.4, -0.2) is 14.5 Å². The van der Waals surface area contributed by atoms with E-state index < -0.39 is 0 Å². The molecule has 0 aliphatic heterocycles. The molecule has 2 heterocycles. The number of pyridine rings is 1. The van der Waals surface area contributed by atoms with Gasteiger partial charge in [0.1, 0.15) is 0 Å². The van der Waals surface area contributed by atoms with E-state index in [2.05, 4.69) is 47.1 Å². The number of hydrogen-bond donors (Lipinski definition) is 1. The predicted molar refractivity (Wildman–Crippen MR) is 90.5 cm³/mol. The van der Waals surface area contributed by atoms with Crippen molar-refractivity contribution in [3.8, 4) is 5.69 Å². The van der Waals surface area contributed by atoms with Gasteiger partial charge in [0.25, 0.3) is 0 Å². The van der Waals surface area contributed by atoms with Crippen LogP contribution in [0, 0.1) is 0 Å². The average molecular weight is 408 g/mol.